The van der Waals surface area contributed by atoms with Crippen molar-refractivity contribution in [3.8, 4) is 0 Å². The maximum atomic E-state index is 4.95. The number of aromatic nitrogens is 1. The quantitative estimate of drug-likeness (QED) is 0.332. The van der Waals surface area contributed by atoms with E-state index in [2.05, 4.69) is 51.6 Å². The van der Waals surface area contributed by atoms with Crippen molar-refractivity contribution in [1.82, 2.24) is 20.5 Å². The predicted molar refractivity (Wildman–Crippen MR) is 142 cm³/mol. The maximum Gasteiger partial charge on any atom is 0.191 e. The molecule has 0 spiro atoms. The van der Waals surface area contributed by atoms with E-state index < -0.39 is 0 Å². The first kappa shape index (κ1) is 24.0. The lowest BCUT2D eigenvalue weighted by atomic mass is 10.1. The molecule has 1 saturated heterocycles. The van der Waals surface area contributed by atoms with Gasteiger partial charge in [-0.3, -0.25) is 4.90 Å². The predicted octanol–water partition coefficient (Wildman–Crippen LogP) is 3.99. The Hall–Kier alpha value is -1.61. The van der Waals surface area contributed by atoms with Gasteiger partial charge in [0.15, 0.2) is 5.96 Å². The van der Waals surface area contributed by atoms with E-state index in [4.69, 9.17) is 9.98 Å². The van der Waals surface area contributed by atoms with Gasteiger partial charge in [-0.2, -0.15) is 0 Å². The van der Waals surface area contributed by atoms with E-state index in [0.29, 0.717) is 12.6 Å². The van der Waals surface area contributed by atoms with Gasteiger partial charge in [0.2, 0.25) is 0 Å². The molecule has 1 aromatic heterocycles. The molecule has 0 amide bonds. The Morgan fingerprint density at radius 1 is 1.19 bits per heavy atom. The summed E-state index contributed by atoms with van der Waals surface area (Å²) in [4.78, 5) is 14.5. The third-order valence-electron chi connectivity index (χ3n) is 6.40. The lowest BCUT2D eigenvalue weighted by Crippen LogP contribution is -2.45. The van der Waals surface area contributed by atoms with Crippen LogP contribution in [-0.4, -0.2) is 61.7 Å². The number of likely N-dealkylation sites (tertiary alicyclic amines) is 1. The Kier molecular flexibility index (Phi) is 8.77. The van der Waals surface area contributed by atoms with Crippen LogP contribution in [0.4, 0.5) is 5.82 Å². The third kappa shape index (κ3) is 6.00. The van der Waals surface area contributed by atoms with Gasteiger partial charge in [0.1, 0.15) is 5.82 Å². The third-order valence-corrected chi connectivity index (χ3v) is 6.40. The molecule has 2 aromatic rings. The number of hydrogen-bond donors (Lipinski definition) is 2. The summed E-state index contributed by atoms with van der Waals surface area (Å²) < 4.78 is 0. The van der Waals surface area contributed by atoms with Crippen LogP contribution in [0.15, 0.2) is 35.3 Å². The lowest BCUT2D eigenvalue weighted by molar-refractivity contribution is 0.242. The SMILES string of the molecule is CCNC(=NCc1cc(N(C)C)nc2ccccc12)NC1CCN(C2CCCC2)C1.I. The molecule has 7 heteroatoms. The van der Waals surface area contributed by atoms with Crippen molar-refractivity contribution in [2.24, 2.45) is 4.99 Å². The van der Waals surface area contributed by atoms with Crippen molar-refractivity contribution >= 4 is 46.7 Å². The molecule has 2 N–H and O–H groups in total. The number of aliphatic imine (C=N–C) groups is 1. The van der Waals surface area contributed by atoms with Crippen LogP contribution in [0.3, 0.4) is 0 Å². The first-order chi connectivity index (χ1) is 14.6. The molecule has 2 aliphatic rings. The highest BCUT2D eigenvalue weighted by atomic mass is 127. The summed E-state index contributed by atoms with van der Waals surface area (Å²) in [5.74, 6) is 1.89. The van der Waals surface area contributed by atoms with Crippen LogP contribution in [0.5, 0.6) is 0 Å². The van der Waals surface area contributed by atoms with E-state index in [0.717, 1.165) is 36.4 Å². The Morgan fingerprint density at radius 2 is 1.97 bits per heavy atom. The number of rotatable bonds is 6. The molecule has 6 nitrogen and oxygen atoms in total. The molecule has 2 fully saturated rings. The van der Waals surface area contributed by atoms with Crippen LogP contribution >= 0.6 is 24.0 Å². The smallest absolute Gasteiger partial charge is 0.191 e. The molecular formula is C24H37IN6. The van der Waals surface area contributed by atoms with Gasteiger partial charge in [-0.1, -0.05) is 31.0 Å². The van der Waals surface area contributed by atoms with Crippen LogP contribution in [0, 0.1) is 0 Å². The number of nitrogens with one attached hydrogen (secondary N) is 2. The standard InChI is InChI=1S/C24H36N6.HI/c1-4-25-24(27-19-13-14-30(17-19)20-9-5-6-10-20)26-16-18-15-23(29(2)3)28-22-12-8-7-11-21(18)22;/h7-8,11-12,15,19-20H,4-6,9-10,13-14,16-17H2,1-3H3,(H2,25,26,27);1H. The van der Waals surface area contributed by atoms with Gasteiger partial charge < -0.3 is 15.5 Å². The first-order valence-electron chi connectivity index (χ1n) is 11.5. The molecule has 1 aromatic carbocycles. The van der Waals surface area contributed by atoms with Gasteiger partial charge in [-0.15, -0.1) is 24.0 Å². The second-order valence-corrected chi connectivity index (χ2v) is 8.81. The monoisotopic (exact) mass is 536 g/mol. The molecule has 31 heavy (non-hydrogen) atoms. The molecule has 0 radical (unpaired) electrons. The van der Waals surface area contributed by atoms with Crippen molar-refractivity contribution in [2.45, 2.75) is 57.7 Å². The molecule has 1 aliphatic carbocycles. The van der Waals surface area contributed by atoms with E-state index in [1.54, 1.807) is 0 Å². The summed E-state index contributed by atoms with van der Waals surface area (Å²) in [7, 11) is 4.07. The first-order valence-corrected chi connectivity index (χ1v) is 11.5. The number of nitrogens with zero attached hydrogens (tertiary/aromatic N) is 4. The molecule has 1 saturated carbocycles. The number of hydrogen-bond acceptors (Lipinski definition) is 4. The molecule has 1 atom stereocenters. The van der Waals surface area contributed by atoms with Gasteiger partial charge in [0.05, 0.1) is 12.1 Å². The summed E-state index contributed by atoms with van der Waals surface area (Å²) in [6.45, 7) is 5.98. The summed E-state index contributed by atoms with van der Waals surface area (Å²) in [6.07, 6.45) is 6.76. The fraction of sp³-hybridized carbons (Fsp3) is 0.583. The Bertz CT molecular complexity index is 877. The van der Waals surface area contributed by atoms with Crippen LogP contribution in [0.25, 0.3) is 10.9 Å². The highest BCUT2D eigenvalue weighted by molar-refractivity contribution is 14.0. The Morgan fingerprint density at radius 3 is 2.71 bits per heavy atom. The average Bonchev–Trinajstić information content (AvgIpc) is 3.43. The van der Waals surface area contributed by atoms with Crippen molar-refractivity contribution < 1.29 is 0 Å². The molecule has 1 aliphatic heterocycles. The minimum Gasteiger partial charge on any atom is -0.363 e. The van der Waals surface area contributed by atoms with E-state index in [9.17, 15) is 0 Å². The molecule has 4 rings (SSSR count). The van der Waals surface area contributed by atoms with E-state index in [1.807, 2.05) is 20.2 Å². The topological polar surface area (TPSA) is 55.8 Å². The number of benzene rings is 1. The fourth-order valence-corrected chi connectivity index (χ4v) is 4.78. The van der Waals surface area contributed by atoms with Crippen molar-refractivity contribution in [3.63, 3.8) is 0 Å². The van der Waals surface area contributed by atoms with Crippen LogP contribution in [-0.2, 0) is 6.54 Å². The van der Waals surface area contributed by atoms with E-state index in [1.165, 1.54) is 49.6 Å². The van der Waals surface area contributed by atoms with Crippen LogP contribution in [0.1, 0.15) is 44.6 Å². The summed E-state index contributed by atoms with van der Waals surface area (Å²) in [5, 5.41) is 8.32. The number of anilines is 1. The number of guanidine groups is 1. The van der Waals surface area contributed by atoms with Gasteiger partial charge in [-0.25, -0.2) is 9.98 Å². The number of para-hydroxylation sites is 1. The van der Waals surface area contributed by atoms with Crippen molar-refractivity contribution in [3.05, 3.63) is 35.9 Å². The Labute approximate surface area is 203 Å². The number of fused-ring (bicyclic) bond motifs is 1. The van der Waals surface area contributed by atoms with Gasteiger partial charge in [-0.05, 0) is 43.9 Å². The molecule has 1 unspecified atom stereocenters. The number of pyridine rings is 1. The molecule has 2 heterocycles. The summed E-state index contributed by atoms with van der Waals surface area (Å²) >= 11 is 0. The van der Waals surface area contributed by atoms with Gasteiger partial charge in [0.25, 0.3) is 0 Å². The van der Waals surface area contributed by atoms with Crippen molar-refractivity contribution in [2.75, 3.05) is 38.6 Å². The van der Waals surface area contributed by atoms with Crippen LogP contribution < -0.4 is 15.5 Å². The van der Waals surface area contributed by atoms with Gasteiger partial charge >= 0.3 is 0 Å². The molecule has 0 bridgehead atoms. The highest BCUT2D eigenvalue weighted by Gasteiger charge is 2.30. The normalized spacial score (nSPS) is 20.1. The Balaban J connectivity index is 0.00000272. The zero-order valence-electron chi connectivity index (χ0n) is 19.1. The van der Waals surface area contributed by atoms with E-state index in [-0.39, 0.29) is 24.0 Å². The van der Waals surface area contributed by atoms with Crippen LogP contribution in [0.2, 0.25) is 0 Å². The second kappa shape index (κ2) is 11.3. The summed E-state index contributed by atoms with van der Waals surface area (Å²) in [5.41, 5.74) is 2.23. The molecule has 170 valence electrons. The van der Waals surface area contributed by atoms with E-state index >= 15 is 0 Å². The summed E-state index contributed by atoms with van der Waals surface area (Å²) in [6, 6.07) is 11.8. The fourth-order valence-electron chi connectivity index (χ4n) is 4.78. The van der Waals surface area contributed by atoms with Gasteiger partial charge in [0, 0.05) is 51.2 Å². The number of halogens is 1. The minimum atomic E-state index is 0. The average molecular weight is 537 g/mol. The lowest BCUT2D eigenvalue weighted by Gasteiger charge is -2.24. The zero-order valence-corrected chi connectivity index (χ0v) is 21.4. The largest absolute Gasteiger partial charge is 0.363 e. The van der Waals surface area contributed by atoms with Crippen molar-refractivity contribution in [1.29, 1.82) is 0 Å². The zero-order chi connectivity index (χ0) is 20.9. The second-order valence-electron chi connectivity index (χ2n) is 8.81. The highest BCUT2D eigenvalue weighted by Crippen LogP contribution is 2.26. The maximum absolute atomic E-state index is 4.95. The molecular weight excluding hydrogens is 499 g/mol. The minimum absolute atomic E-state index is 0.